The van der Waals surface area contributed by atoms with Gasteiger partial charge in [0, 0.05) is 12.4 Å². The summed E-state index contributed by atoms with van der Waals surface area (Å²) in [6.07, 6.45) is 8.38. The second-order valence-corrected chi connectivity index (χ2v) is 4.65. The first-order chi connectivity index (χ1) is 8.36. The van der Waals surface area contributed by atoms with Gasteiger partial charge in [0.25, 0.3) is 0 Å². The van der Waals surface area contributed by atoms with Gasteiger partial charge in [0.1, 0.15) is 0 Å². The van der Waals surface area contributed by atoms with E-state index in [1.54, 1.807) is 12.4 Å². The Morgan fingerprint density at radius 3 is 2.94 bits per heavy atom. The Morgan fingerprint density at radius 1 is 1.39 bits per heavy atom. The lowest BCUT2D eigenvalue weighted by Gasteiger charge is -2.22. The second-order valence-electron chi connectivity index (χ2n) is 4.65. The van der Waals surface area contributed by atoms with E-state index in [0.29, 0.717) is 5.88 Å². The number of piperidine rings is 1. The summed E-state index contributed by atoms with van der Waals surface area (Å²) in [4.78, 5) is 8.32. The van der Waals surface area contributed by atoms with E-state index < -0.39 is 0 Å². The van der Waals surface area contributed by atoms with Crippen molar-refractivity contribution in [3.8, 4) is 5.88 Å². The van der Waals surface area contributed by atoms with Gasteiger partial charge in [-0.15, -0.1) is 12.4 Å². The molecule has 0 amide bonds. The molecular weight excluding hydrogens is 250 g/mol. The Kier molecular flexibility index (Phi) is 6.98. The van der Waals surface area contributed by atoms with Crippen molar-refractivity contribution in [1.29, 1.82) is 0 Å². The third kappa shape index (κ3) is 4.78. The molecule has 1 saturated heterocycles. The van der Waals surface area contributed by atoms with E-state index >= 15 is 0 Å². The van der Waals surface area contributed by atoms with Gasteiger partial charge in [0.2, 0.25) is 5.88 Å². The molecule has 1 fully saturated rings. The lowest BCUT2D eigenvalue weighted by molar-refractivity contribution is 0.265. The molecule has 1 aromatic heterocycles. The molecule has 0 aromatic carbocycles. The van der Waals surface area contributed by atoms with E-state index in [1.165, 1.54) is 32.4 Å². The summed E-state index contributed by atoms with van der Waals surface area (Å²) >= 11 is 0. The molecule has 0 spiro atoms. The Hall–Kier alpha value is -0.870. The maximum atomic E-state index is 5.63. The molecule has 1 aromatic rings. The smallest absolute Gasteiger partial charge is 0.235 e. The first kappa shape index (κ1) is 15.2. The molecule has 1 aliphatic rings. The van der Waals surface area contributed by atoms with Crippen molar-refractivity contribution in [3.63, 3.8) is 0 Å². The zero-order valence-electron chi connectivity index (χ0n) is 10.9. The Bertz CT molecular complexity index is 343. The minimum Gasteiger partial charge on any atom is -0.476 e. The maximum absolute atomic E-state index is 5.63. The molecule has 1 N–H and O–H groups in total. The number of ether oxygens (including phenoxy) is 1. The Morgan fingerprint density at radius 2 is 2.22 bits per heavy atom. The van der Waals surface area contributed by atoms with Crippen LogP contribution in [0.15, 0.2) is 12.4 Å². The molecule has 1 unspecified atom stereocenters. The number of aryl methyl sites for hydroxylation is 1. The van der Waals surface area contributed by atoms with Gasteiger partial charge < -0.3 is 10.1 Å². The minimum absolute atomic E-state index is 0. The second kappa shape index (κ2) is 8.27. The van der Waals surface area contributed by atoms with E-state index in [0.717, 1.165) is 24.6 Å². The molecule has 1 atom stereocenters. The van der Waals surface area contributed by atoms with Gasteiger partial charge in [-0.1, -0.05) is 0 Å². The van der Waals surface area contributed by atoms with Gasteiger partial charge in [-0.2, -0.15) is 0 Å². The number of hydrogen-bond acceptors (Lipinski definition) is 4. The van der Waals surface area contributed by atoms with Crippen LogP contribution in [0.3, 0.4) is 0 Å². The summed E-state index contributed by atoms with van der Waals surface area (Å²) in [5, 5.41) is 3.44. The van der Waals surface area contributed by atoms with Crippen molar-refractivity contribution in [2.45, 2.75) is 32.6 Å². The van der Waals surface area contributed by atoms with Crippen LogP contribution < -0.4 is 10.1 Å². The maximum Gasteiger partial charge on any atom is 0.235 e. The first-order valence-corrected chi connectivity index (χ1v) is 6.47. The van der Waals surface area contributed by atoms with Crippen molar-refractivity contribution in [3.05, 3.63) is 18.1 Å². The fourth-order valence-electron chi connectivity index (χ4n) is 2.25. The number of halogens is 1. The Balaban J connectivity index is 0.00000162. The topological polar surface area (TPSA) is 47.0 Å². The SMILES string of the molecule is Cc1nccnc1OCCCC1CCCNC1.Cl. The summed E-state index contributed by atoms with van der Waals surface area (Å²) in [7, 11) is 0. The average Bonchev–Trinajstić information content (AvgIpc) is 2.38. The van der Waals surface area contributed by atoms with Gasteiger partial charge >= 0.3 is 0 Å². The van der Waals surface area contributed by atoms with Crippen LogP contribution in [0.25, 0.3) is 0 Å². The predicted molar refractivity (Wildman–Crippen MR) is 74.3 cm³/mol. The van der Waals surface area contributed by atoms with Gasteiger partial charge in [0.05, 0.1) is 12.3 Å². The summed E-state index contributed by atoms with van der Waals surface area (Å²) in [6, 6.07) is 0. The zero-order chi connectivity index (χ0) is 11.9. The van der Waals surface area contributed by atoms with Gasteiger partial charge in [-0.3, -0.25) is 4.98 Å². The number of nitrogens with one attached hydrogen (secondary N) is 1. The molecular formula is C13H22ClN3O. The highest BCUT2D eigenvalue weighted by Gasteiger charge is 2.12. The van der Waals surface area contributed by atoms with Crippen molar-refractivity contribution in [1.82, 2.24) is 15.3 Å². The quantitative estimate of drug-likeness (QED) is 0.836. The molecule has 102 valence electrons. The average molecular weight is 272 g/mol. The van der Waals surface area contributed by atoms with Crippen molar-refractivity contribution in [2.75, 3.05) is 19.7 Å². The highest BCUT2D eigenvalue weighted by Crippen LogP contribution is 2.16. The molecule has 2 rings (SSSR count). The molecule has 0 radical (unpaired) electrons. The fourth-order valence-corrected chi connectivity index (χ4v) is 2.25. The largest absolute Gasteiger partial charge is 0.476 e. The summed E-state index contributed by atoms with van der Waals surface area (Å²) < 4.78 is 5.63. The van der Waals surface area contributed by atoms with E-state index in [4.69, 9.17) is 4.74 Å². The minimum atomic E-state index is 0. The number of nitrogens with zero attached hydrogens (tertiary/aromatic N) is 2. The van der Waals surface area contributed by atoms with E-state index in [9.17, 15) is 0 Å². The van der Waals surface area contributed by atoms with Crippen molar-refractivity contribution in [2.24, 2.45) is 5.92 Å². The standard InChI is InChI=1S/C13H21N3O.ClH/c1-11-13(16-8-7-15-11)17-9-3-5-12-4-2-6-14-10-12;/h7-8,12,14H,2-6,9-10H2,1H3;1H. The monoisotopic (exact) mass is 271 g/mol. The third-order valence-electron chi connectivity index (χ3n) is 3.23. The van der Waals surface area contributed by atoms with E-state index in [2.05, 4.69) is 15.3 Å². The summed E-state index contributed by atoms with van der Waals surface area (Å²) in [6.45, 7) is 5.03. The highest BCUT2D eigenvalue weighted by molar-refractivity contribution is 5.85. The molecule has 0 bridgehead atoms. The first-order valence-electron chi connectivity index (χ1n) is 6.47. The van der Waals surface area contributed by atoms with E-state index in [1.807, 2.05) is 6.92 Å². The van der Waals surface area contributed by atoms with E-state index in [-0.39, 0.29) is 12.4 Å². The van der Waals surface area contributed by atoms with Crippen LogP contribution in [0.2, 0.25) is 0 Å². The van der Waals surface area contributed by atoms with Crippen molar-refractivity contribution < 1.29 is 4.74 Å². The normalized spacial score (nSPS) is 19.1. The lowest BCUT2D eigenvalue weighted by Crippen LogP contribution is -2.29. The van der Waals surface area contributed by atoms with Gasteiger partial charge in [-0.05, 0) is 51.6 Å². The number of aromatic nitrogens is 2. The summed E-state index contributed by atoms with van der Waals surface area (Å²) in [5.74, 6) is 1.50. The lowest BCUT2D eigenvalue weighted by atomic mass is 9.95. The molecule has 0 saturated carbocycles. The molecule has 0 aliphatic carbocycles. The van der Waals surface area contributed by atoms with Crippen LogP contribution in [0.4, 0.5) is 0 Å². The molecule has 5 heteroatoms. The van der Waals surface area contributed by atoms with Crippen LogP contribution >= 0.6 is 12.4 Å². The molecule has 1 aliphatic heterocycles. The molecule has 4 nitrogen and oxygen atoms in total. The van der Waals surface area contributed by atoms with Crippen LogP contribution in [-0.2, 0) is 0 Å². The number of hydrogen-bond donors (Lipinski definition) is 1. The summed E-state index contributed by atoms with van der Waals surface area (Å²) in [5.41, 5.74) is 0.867. The molecule has 18 heavy (non-hydrogen) atoms. The third-order valence-corrected chi connectivity index (χ3v) is 3.23. The van der Waals surface area contributed by atoms with Crippen LogP contribution in [0, 0.1) is 12.8 Å². The Labute approximate surface area is 115 Å². The van der Waals surface area contributed by atoms with Gasteiger partial charge in [-0.25, -0.2) is 4.98 Å². The zero-order valence-corrected chi connectivity index (χ0v) is 11.7. The van der Waals surface area contributed by atoms with Crippen molar-refractivity contribution >= 4 is 12.4 Å². The van der Waals surface area contributed by atoms with Crippen LogP contribution in [0.5, 0.6) is 5.88 Å². The molecule has 2 heterocycles. The van der Waals surface area contributed by atoms with Gasteiger partial charge in [0.15, 0.2) is 0 Å². The predicted octanol–water partition coefficient (Wildman–Crippen LogP) is 2.37. The highest BCUT2D eigenvalue weighted by atomic mass is 35.5. The number of rotatable bonds is 5. The van der Waals surface area contributed by atoms with Crippen LogP contribution in [-0.4, -0.2) is 29.7 Å². The van der Waals surface area contributed by atoms with Crippen LogP contribution in [0.1, 0.15) is 31.4 Å². The fraction of sp³-hybridized carbons (Fsp3) is 0.692.